The number of aromatic nitrogens is 3. The Bertz CT molecular complexity index is 440. The Hall–Kier alpha value is -1.88. The second-order valence-corrected chi connectivity index (χ2v) is 4.06. The van der Waals surface area contributed by atoms with Gasteiger partial charge in [-0.15, -0.1) is 0 Å². The van der Waals surface area contributed by atoms with Gasteiger partial charge in [-0.1, -0.05) is 0 Å². The fourth-order valence-corrected chi connectivity index (χ4v) is 1.35. The molecule has 114 valence electrons. The first-order chi connectivity index (χ1) is 9.26. The molecular weight excluding hydrogens is 279 g/mol. The number of nitrogens with one attached hydrogen (secondary N) is 1. The maximum atomic E-state index is 12.5. The predicted octanol–water partition coefficient (Wildman–Crippen LogP) is -0.416. The van der Waals surface area contributed by atoms with E-state index in [1.165, 1.54) is 4.90 Å². The van der Waals surface area contributed by atoms with Crippen molar-refractivity contribution in [1.29, 1.82) is 0 Å². The van der Waals surface area contributed by atoms with Gasteiger partial charge in [0.15, 0.2) is 0 Å². The van der Waals surface area contributed by atoms with Crippen LogP contribution in [-0.4, -0.2) is 60.0 Å². The molecule has 0 saturated carbocycles. The molecule has 20 heavy (non-hydrogen) atoms. The summed E-state index contributed by atoms with van der Waals surface area (Å²) in [5.41, 5.74) is 2.16. The molecule has 1 aromatic heterocycles. The number of aliphatic hydroxyl groups is 1. The van der Waals surface area contributed by atoms with Gasteiger partial charge in [-0.05, 0) is 0 Å². The van der Waals surface area contributed by atoms with Gasteiger partial charge in [0.05, 0.1) is 6.61 Å². The SMILES string of the molecule is CN(C)c1nc(NN)nc(N(CCO)CC(F)(F)F)n1. The average Bonchev–Trinajstić information content (AvgIpc) is 2.36. The normalized spacial score (nSPS) is 11.3. The quantitative estimate of drug-likeness (QED) is 0.480. The minimum absolute atomic E-state index is 0.0659. The number of anilines is 3. The van der Waals surface area contributed by atoms with Crippen LogP contribution in [0.25, 0.3) is 0 Å². The van der Waals surface area contributed by atoms with E-state index in [-0.39, 0.29) is 24.4 Å². The van der Waals surface area contributed by atoms with Gasteiger partial charge in [0.1, 0.15) is 6.54 Å². The summed E-state index contributed by atoms with van der Waals surface area (Å²) in [5, 5.41) is 8.87. The summed E-state index contributed by atoms with van der Waals surface area (Å²) in [6.07, 6.45) is -4.45. The first kappa shape index (κ1) is 16.2. The molecule has 1 aromatic rings. The molecule has 0 unspecified atom stereocenters. The third-order valence-electron chi connectivity index (χ3n) is 2.16. The molecule has 8 nitrogen and oxygen atoms in total. The zero-order valence-electron chi connectivity index (χ0n) is 11.0. The van der Waals surface area contributed by atoms with Gasteiger partial charge < -0.3 is 14.9 Å². The van der Waals surface area contributed by atoms with E-state index in [4.69, 9.17) is 10.9 Å². The van der Waals surface area contributed by atoms with E-state index in [1.54, 1.807) is 14.1 Å². The van der Waals surface area contributed by atoms with Crippen molar-refractivity contribution in [2.75, 3.05) is 49.0 Å². The van der Waals surface area contributed by atoms with E-state index in [0.29, 0.717) is 0 Å². The van der Waals surface area contributed by atoms with Crippen LogP contribution in [0, 0.1) is 0 Å². The van der Waals surface area contributed by atoms with Crippen LogP contribution < -0.4 is 21.1 Å². The van der Waals surface area contributed by atoms with Gasteiger partial charge in [0.25, 0.3) is 0 Å². The van der Waals surface area contributed by atoms with Gasteiger partial charge in [0.2, 0.25) is 17.8 Å². The van der Waals surface area contributed by atoms with Crippen molar-refractivity contribution in [3.05, 3.63) is 0 Å². The molecule has 0 spiro atoms. The Balaban J connectivity index is 3.14. The molecule has 0 fully saturated rings. The number of nitrogen functional groups attached to an aromatic ring is 1. The van der Waals surface area contributed by atoms with E-state index < -0.39 is 19.3 Å². The Morgan fingerprint density at radius 1 is 1.20 bits per heavy atom. The Kier molecular flexibility index (Phi) is 5.27. The molecule has 1 rings (SSSR count). The molecule has 0 amide bonds. The molecule has 0 aliphatic rings. The van der Waals surface area contributed by atoms with Crippen molar-refractivity contribution in [3.63, 3.8) is 0 Å². The molecule has 0 aliphatic carbocycles. The number of nitrogens with zero attached hydrogens (tertiary/aromatic N) is 5. The standard InChI is InChI=1S/C9H16F3N7O/c1-18(2)7-14-6(17-13)15-8(16-7)19(3-4-20)5-9(10,11)12/h20H,3-5,13H2,1-2H3,(H,14,15,16,17). The van der Waals surface area contributed by atoms with Gasteiger partial charge >= 0.3 is 6.18 Å². The fraction of sp³-hybridized carbons (Fsp3) is 0.667. The summed E-state index contributed by atoms with van der Waals surface area (Å²) in [6.45, 7) is -2.01. The molecule has 4 N–H and O–H groups in total. The molecule has 0 bridgehead atoms. The first-order valence-corrected chi connectivity index (χ1v) is 5.59. The summed E-state index contributed by atoms with van der Waals surface area (Å²) >= 11 is 0. The molecule has 1 heterocycles. The van der Waals surface area contributed by atoms with Crippen LogP contribution in [-0.2, 0) is 0 Å². The number of nitrogens with two attached hydrogens (primary N) is 1. The van der Waals surface area contributed by atoms with E-state index in [0.717, 1.165) is 4.90 Å². The van der Waals surface area contributed by atoms with Crippen LogP contribution in [0.4, 0.5) is 31.0 Å². The maximum Gasteiger partial charge on any atom is 0.406 e. The number of hydrogen-bond donors (Lipinski definition) is 3. The van der Waals surface area contributed by atoms with E-state index in [9.17, 15) is 13.2 Å². The van der Waals surface area contributed by atoms with Crippen molar-refractivity contribution in [3.8, 4) is 0 Å². The number of rotatable bonds is 6. The first-order valence-electron chi connectivity index (χ1n) is 5.59. The number of aliphatic hydroxyl groups excluding tert-OH is 1. The number of hydrogen-bond acceptors (Lipinski definition) is 8. The summed E-state index contributed by atoms with van der Waals surface area (Å²) in [7, 11) is 3.25. The van der Waals surface area contributed by atoms with Gasteiger partial charge in [-0.2, -0.15) is 28.1 Å². The van der Waals surface area contributed by atoms with Crippen molar-refractivity contribution >= 4 is 17.8 Å². The molecule has 0 atom stereocenters. The Labute approximate surface area is 113 Å². The van der Waals surface area contributed by atoms with Gasteiger partial charge in [0, 0.05) is 20.6 Å². The highest BCUT2D eigenvalue weighted by atomic mass is 19.4. The third kappa shape index (κ3) is 4.66. The molecular formula is C9H16F3N7O. The predicted molar refractivity (Wildman–Crippen MR) is 67.3 cm³/mol. The van der Waals surface area contributed by atoms with Gasteiger partial charge in [-0.3, -0.25) is 5.43 Å². The molecule has 0 aromatic carbocycles. The Morgan fingerprint density at radius 2 is 1.80 bits per heavy atom. The van der Waals surface area contributed by atoms with Crippen molar-refractivity contribution < 1.29 is 18.3 Å². The lowest BCUT2D eigenvalue weighted by molar-refractivity contribution is -0.120. The van der Waals surface area contributed by atoms with E-state index in [2.05, 4.69) is 20.4 Å². The lowest BCUT2D eigenvalue weighted by Gasteiger charge is -2.24. The zero-order chi connectivity index (χ0) is 15.3. The van der Waals surface area contributed by atoms with Crippen LogP contribution in [0.15, 0.2) is 0 Å². The zero-order valence-corrected chi connectivity index (χ0v) is 11.0. The molecule has 0 aliphatic heterocycles. The van der Waals surface area contributed by atoms with Crippen molar-refractivity contribution in [2.24, 2.45) is 5.84 Å². The highest BCUT2D eigenvalue weighted by Crippen LogP contribution is 2.21. The minimum Gasteiger partial charge on any atom is -0.395 e. The highest BCUT2D eigenvalue weighted by Gasteiger charge is 2.32. The van der Waals surface area contributed by atoms with Crippen LogP contribution in [0.1, 0.15) is 0 Å². The Morgan fingerprint density at radius 3 is 2.25 bits per heavy atom. The van der Waals surface area contributed by atoms with Crippen LogP contribution in [0.5, 0.6) is 0 Å². The highest BCUT2D eigenvalue weighted by molar-refractivity contribution is 5.44. The fourth-order valence-electron chi connectivity index (χ4n) is 1.35. The lowest BCUT2D eigenvalue weighted by Crippen LogP contribution is -2.38. The minimum atomic E-state index is -4.45. The smallest absolute Gasteiger partial charge is 0.395 e. The summed E-state index contributed by atoms with van der Waals surface area (Å²) in [5.74, 6) is 5.04. The second-order valence-electron chi connectivity index (χ2n) is 4.06. The van der Waals surface area contributed by atoms with E-state index >= 15 is 0 Å². The summed E-state index contributed by atoms with van der Waals surface area (Å²) < 4.78 is 37.5. The maximum absolute atomic E-state index is 12.5. The van der Waals surface area contributed by atoms with Crippen molar-refractivity contribution in [2.45, 2.75) is 6.18 Å². The topological polar surface area (TPSA) is 103 Å². The van der Waals surface area contributed by atoms with Crippen LogP contribution in [0.2, 0.25) is 0 Å². The lowest BCUT2D eigenvalue weighted by atomic mass is 10.5. The third-order valence-corrected chi connectivity index (χ3v) is 2.16. The number of halogens is 3. The number of alkyl halides is 3. The van der Waals surface area contributed by atoms with Gasteiger partial charge in [-0.25, -0.2) is 5.84 Å². The summed E-state index contributed by atoms with van der Waals surface area (Å²) in [6, 6.07) is 0. The van der Waals surface area contributed by atoms with Crippen molar-refractivity contribution in [1.82, 2.24) is 15.0 Å². The van der Waals surface area contributed by atoms with Crippen LogP contribution >= 0.6 is 0 Å². The monoisotopic (exact) mass is 295 g/mol. The van der Waals surface area contributed by atoms with E-state index in [1.807, 2.05) is 0 Å². The number of hydrazine groups is 1. The molecule has 0 radical (unpaired) electrons. The molecule has 11 heteroatoms. The summed E-state index contributed by atoms with van der Waals surface area (Å²) in [4.78, 5) is 13.9. The van der Waals surface area contributed by atoms with Crippen LogP contribution in [0.3, 0.4) is 0 Å². The average molecular weight is 295 g/mol. The largest absolute Gasteiger partial charge is 0.406 e. The second kappa shape index (κ2) is 6.52. The molecule has 0 saturated heterocycles.